The predicted molar refractivity (Wildman–Crippen MR) is 63.3 cm³/mol. The van der Waals surface area contributed by atoms with Crippen molar-refractivity contribution in [2.24, 2.45) is 0 Å². The number of halogens is 1. The molecule has 3 rings (SSSR count). The van der Waals surface area contributed by atoms with E-state index in [-0.39, 0.29) is 11.9 Å². The van der Waals surface area contributed by atoms with Crippen LogP contribution in [0.4, 0.5) is 4.39 Å². The van der Waals surface area contributed by atoms with Crippen molar-refractivity contribution in [3.63, 3.8) is 0 Å². The average Bonchev–Trinajstić information content (AvgIpc) is 2.73. The molecule has 1 aromatic heterocycles. The van der Waals surface area contributed by atoms with E-state index in [1.807, 2.05) is 6.07 Å². The molecular weight excluding hydrogens is 225 g/mol. The number of fused-ring (bicyclic) bond motifs is 1. The number of ether oxygens (including phenoxy) is 1. The number of hydrogen-bond donors (Lipinski definition) is 1. The van der Waals surface area contributed by atoms with Gasteiger partial charge in [-0.3, -0.25) is 0 Å². The first-order valence-corrected chi connectivity index (χ1v) is 6.15. The van der Waals surface area contributed by atoms with Gasteiger partial charge in [0.25, 0.3) is 0 Å². The van der Waals surface area contributed by atoms with Gasteiger partial charge in [0.15, 0.2) is 0 Å². The van der Waals surface area contributed by atoms with Crippen molar-refractivity contribution in [2.75, 3.05) is 19.8 Å². The van der Waals surface area contributed by atoms with E-state index in [1.165, 1.54) is 10.9 Å². The van der Waals surface area contributed by atoms with Gasteiger partial charge in [-0.1, -0.05) is 6.07 Å². The van der Waals surface area contributed by atoms with Gasteiger partial charge in [0.2, 0.25) is 0 Å². The lowest BCUT2D eigenvalue weighted by molar-refractivity contribution is 0.0779. The van der Waals surface area contributed by atoms with Crippen molar-refractivity contribution in [2.45, 2.75) is 6.04 Å². The van der Waals surface area contributed by atoms with Crippen LogP contribution in [0.1, 0.15) is 10.9 Å². The summed E-state index contributed by atoms with van der Waals surface area (Å²) in [7, 11) is 0. The minimum Gasteiger partial charge on any atom is -0.378 e. The van der Waals surface area contributed by atoms with Crippen LogP contribution in [0.2, 0.25) is 0 Å². The summed E-state index contributed by atoms with van der Waals surface area (Å²) in [4.78, 5) is 1.22. The molecule has 2 nitrogen and oxygen atoms in total. The molecular formula is C12H12FNOS. The summed E-state index contributed by atoms with van der Waals surface area (Å²) in [6, 6.07) is 7.30. The molecule has 1 aliphatic rings. The summed E-state index contributed by atoms with van der Waals surface area (Å²) >= 11 is 1.64. The van der Waals surface area contributed by atoms with Crippen molar-refractivity contribution in [3.8, 4) is 0 Å². The molecule has 0 amide bonds. The van der Waals surface area contributed by atoms with E-state index in [0.717, 1.165) is 23.2 Å². The maximum absolute atomic E-state index is 13.1. The Kier molecular flexibility index (Phi) is 2.63. The molecule has 1 saturated heterocycles. The summed E-state index contributed by atoms with van der Waals surface area (Å²) in [6.45, 7) is 2.36. The Morgan fingerprint density at radius 2 is 2.31 bits per heavy atom. The summed E-state index contributed by atoms with van der Waals surface area (Å²) in [5.74, 6) is -0.172. The third-order valence-electron chi connectivity index (χ3n) is 2.77. The van der Waals surface area contributed by atoms with E-state index in [9.17, 15) is 4.39 Å². The van der Waals surface area contributed by atoms with Gasteiger partial charge in [-0.2, -0.15) is 0 Å². The molecule has 0 radical (unpaired) electrons. The van der Waals surface area contributed by atoms with Crippen LogP contribution in [0.5, 0.6) is 0 Å². The topological polar surface area (TPSA) is 21.3 Å². The van der Waals surface area contributed by atoms with Gasteiger partial charge in [0.05, 0.1) is 19.3 Å². The van der Waals surface area contributed by atoms with Crippen molar-refractivity contribution < 1.29 is 9.13 Å². The first kappa shape index (κ1) is 10.2. The standard InChI is InChI=1S/C12H12FNOS/c13-9-2-1-8-5-12(16-11(8)6-9)10-7-15-4-3-14-10/h1-2,5-6,10,14H,3-4,7H2. The van der Waals surface area contributed by atoms with Gasteiger partial charge in [-0.15, -0.1) is 11.3 Å². The molecule has 2 aromatic rings. The zero-order valence-corrected chi connectivity index (χ0v) is 9.52. The molecule has 0 aliphatic carbocycles. The molecule has 0 saturated carbocycles. The Morgan fingerprint density at radius 1 is 1.38 bits per heavy atom. The summed E-state index contributed by atoms with van der Waals surface area (Å²) in [5, 5.41) is 4.51. The maximum Gasteiger partial charge on any atom is 0.124 e. The lowest BCUT2D eigenvalue weighted by atomic mass is 10.2. The first-order chi connectivity index (χ1) is 7.83. The third-order valence-corrected chi connectivity index (χ3v) is 3.98. The normalized spacial score (nSPS) is 21.4. The summed E-state index contributed by atoms with van der Waals surface area (Å²) in [6.07, 6.45) is 0. The van der Waals surface area contributed by atoms with Crippen LogP contribution in [-0.2, 0) is 4.74 Å². The number of benzene rings is 1. The van der Waals surface area contributed by atoms with E-state index in [4.69, 9.17) is 4.74 Å². The SMILES string of the molecule is Fc1ccc2cc(C3COCCN3)sc2c1. The molecule has 1 atom stereocenters. The van der Waals surface area contributed by atoms with Gasteiger partial charge >= 0.3 is 0 Å². The molecule has 84 valence electrons. The molecule has 1 unspecified atom stereocenters. The van der Waals surface area contributed by atoms with Crippen LogP contribution >= 0.6 is 11.3 Å². The maximum atomic E-state index is 13.1. The fourth-order valence-corrected chi connectivity index (χ4v) is 3.10. The lowest BCUT2D eigenvalue weighted by Crippen LogP contribution is -2.33. The van der Waals surface area contributed by atoms with Crippen LogP contribution in [0.3, 0.4) is 0 Å². The highest BCUT2D eigenvalue weighted by Gasteiger charge is 2.17. The lowest BCUT2D eigenvalue weighted by Gasteiger charge is -2.22. The number of morpholine rings is 1. The van der Waals surface area contributed by atoms with Crippen LogP contribution in [0, 0.1) is 5.82 Å². The Bertz CT molecular complexity index is 505. The second-order valence-corrected chi connectivity index (χ2v) is 5.03. The molecule has 1 N–H and O–H groups in total. The number of hydrogen-bond acceptors (Lipinski definition) is 3. The fourth-order valence-electron chi connectivity index (χ4n) is 1.95. The van der Waals surface area contributed by atoms with Gasteiger partial charge in [0.1, 0.15) is 5.82 Å². The highest BCUT2D eigenvalue weighted by Crippen LogP contribution is 2.31. The Morgan fingerprint density at radius 3 is 3.12 bits per heavy atom. The third kappa shape index (κ3) is 1.84. The molecule has 1 aliphatic heterocycles. The van der Waals surface area contributed by atoms with Gasteiger partial charge < -0.3 is 10.1 Å². The van der Waals surface area contributed by atoms with Crippen LogP contribution in [-0.4, -0.2) is 19.8 Å². The van der Waals surface area contributed by atoms with Crippen molar-refractivity contribution in [1.29, 1.82) is 0 Å². The van der Waals surface area contributed by atoms with E-state index >= 15 is 0 Å². The molecule has 1 aromatic carbocycles. The summed E-state index contributed by atoms with van der Waals surface area (Å²) < 4.78 is 19.5. The van der Waals surface area contributed by atoms with Crippen LogP contribution in [0.25, 0.3) is 10.1 Å². The second-order valence-electron chi connectivity index (χ2n) is 3.91. The van der Waals surface area contributed by atoms with Gasteiger partial charge in [-0.05, 0) is 23.6 Å². The zero-order valence-electron chi connectivity index (χ0n) is 8.70. The highest BCUT2D eigenvalue weighted by atomic mass is 32.1. The number of nitrogens with one attached hydrogen (secondary N) is 1. The first-order valence-electron chi connectivity index (χ1n) is 5.33. The molecule has 16 heavy (non-hydrogen) atoms. The second kappa shape index (κ2) is 4.13. The minimum absolute atomic E-state index is 0.172. The zero-order chi connectivity index (χ0) is 11.0. The van der Waals surface area contributed by atoms with E-state index in [0.29, 0.717) is 6.61 Å². The van der Waals surface area contributed by atoms with Crippen molar-refractivity contribution in [3.05, 3.63) is 35.0 Å². The highest BCUT2D eigenvalue weighted by molar-refractivity contribution is 7.19. The minimum atomic E-state index is -0.172. The van der Waals surface area contributed by atoms with Gasteiger partial charge in [-0.25, -0.2) is 4.39 Å². The molecule has 2 heterocycles. The monoisotopic (exact) mass is 237 g/mol. The molecule has 0 bridgehead atoms. The largest absolute Gasteiger partial charge is 0.378 e. The Hall–Kier alpha value is -0.970. The van der Waals surface area contributed by atoms with E-state index in [1.54, 1.807) is 17.4 Å². The smallest absolute Gasteiger partial charge is 0.124 e. The average molecular weight is 237 g/mol. The number of thiophene rings is 1. The van der Waals surface area contributed by atoms with Crippen LogP contribution < -0.4 is 5.32 Å². The fraction of sp³-hybridized carbons (Fsp3) is 0.333. The Balaban J connectivity index is 1.97. The molecule has 4 heteroatoms. The quantitative estimate of drug-likeness (QED) is 0.823. The Labute approximate surface area is 97.0 Å². The van der Waals surface area contributed by atoms with Crippen molar-refractivity contribution >= 4 is 21.4 Å². The number of rotatable bonds is 1. The van der Waals surface area contributed by atoms with Gasteiger partial charge in [0, 0.05) is 16.1 Å². The van der Waals surface area contributed by atoms with E-state index in [2.05, 4.69) is 11.4 Å². The molecule has 1 fully saturated rings. The van der Waals surface area contributed by atoms with Crippen molar-refractivity contribution in [1.82, 2.24) is 5.32 Å². The van der Waals surface area contributed by atoms with Crippen LogP contribution in [0.15, 0.2) is 24.3 Å². The summed E-state index contributed by atoms with van der Waals surface area (Å²) in [5.41, 5.74) is 0. The predicted octanol–water partition coefficient (Wildman–Crippen LogP) is 2.70. The van der Waals surface area contributed by atoms with E-state index < -0.39 is 0 Å². The molecule has 0 spiro atoms.